The van der Waals surface area contributed by atoms with Gasteiger partial charge in [-0.15, -0.1) is 11.3 Å². The minimum atomic E-state index is -0.527. The molecule has 3 rings (SSSR count). The quantitative estimate of drug-likeness (QED) is 0.453. The Morgan fingerprint density at radius 1 is 1.25 bits per heavy atom. The molecule has 2 aromatic rings. The third-order valence-corrected chi connectivity index (χ3v) is 6.02. The Morgan fingerprint density at radius 2 is 1.96 bits per heavy atom. The molecule has 0 saturated heterocycles. The lowest BCUT2D eigenvalue weighted by molar-refractivity contribution is -0.112. The zero-order valence-electron chi connectivity index (χ0n) is 16.2. The number of hydrogen-bond donors (Lipinski definition) is 1. The molecule has 1 amide bonds. The molecular weight excluding hydrogens is 372 g/mol. The SMILES string of the molecule is COC(=O)c1c(NC(=O)/C(C#N)=C/c2ccc(C(C)C)cc2)sc2c1CCC2. The molecule has 1 aliphatic rings. The summed E-state index contributed by atoms with van der Waals surface area (Å²) in [7, 11) is 1.33. The first-order chi connectivity index (χ1) is 13.4. The molecule has 0 aliphatic heterocycles. The fourth-order valence-corrected chi connectivity index (χ4v) is 4.55. The van der Waals surface area contributed by atoms with Crippen LogP contribution in [0, 0.1) is 11.3 Å². The van der Waals surface area contributed by atoms with Crippen molar-refractivity contribution in [2.75, 3.05) is 12.4 Å². The highest BCUT2D eigenvalue weighted by Crippen LogP contribution is 2.39. The summed E-state index contributed by atoms with van der Waals surface area (Å²) < 4.78 is 4.89. The van der Waals surface area contributed by atoms with Crippen molar-refractivity contribution in [1.29, 1.82) is 5.26 Å². The van der Waals surface area contributed by atoms with E-state index in [2.05, 4.69) is 19.2 Å². The van der Waals surface area contributed by atoms with Crippen LogP contribution in [0.5, 0.6) is 0 Å². The van der Waals surface area contributed by atoms with Crippen molar-refractivity contribution in [3.8, 4) is 6.07 Å². The largest absolute Gasteiger partial charge is 0.465 e. The van der Waals surface area contributed by atoms with Crippen LogP contribution in [0.1, 0.15) is 58.1 Å². The monoisotopic (exact) mass is 394 g/mol. The van der Waals surface area contributed by atoms with Gasteiger partial charge in [0.05, 0.1) is 12.7 Å². The highest BCUT2D eigenvalue weighted by molar-refractivity contribution is 7.17. The van der Waals surface area contributed by atoms with Gasteiger partial charge >= 0.3 is 5.97 Å². The fourth-order valence-electron chi connectivity index (χ4n) is 3.27. The number of carbonyl (C=O) groups is 2. The Kier molecular flexibility index (Phi) is 5.96. The molecule has 1 aliphatic carbocycles. The zero-order chi connectivity index (χ0) is 20.3. The molecule has 0 atom stereocenters. The Bertz CT molecular complexity index is 978. The second-order valence-corrected chi connectivity index (χ2v) is 8.10. The van der Waals surface area contributed by atoms with Crippen LogP contribution >= 0.6 is 11.3 Å². The summed E-state index contributed by atoms with van der Waals surface area (Å²) in [4.78, 5) is 26.0. The average Bonchev–Trinajstić information content (AvgIpc) is 3.26. The molecule has 5 nitrogen and oxygen atoms in total. The van der Waals surface area contributed by atoms with E-state index in [1.54, 1.807) is 6.08 Å². The molecule has 0 fully saturated rings. The molecule has 0 radical (unpaired) electrons. The van der Waals surface area contributed by atoms with E-state index in [0.717, 1.165) is 35.3 Å². The second kappa shape index (κ2) is 8.41. The molecule has 0 spiro atoms. The van der Waals surface area contributed by atoms with Crippen LogP contribution in [0.25, 0.3) is 6.08 Å². The van der Waals surface area contributed by atoms with Gasteiger partial charge in [0, 0.05) is 4.88 Å². The molecule has 1 aromatic carbocycles. The van der Waals surface area contributed by atoms with E-state index in [4.69, 9.17) is 4.74 Å². The van der Waals surface area contributed by atoms with E-state index < -0.39 is 11.9 Å². The molecule has 144 valence electrons. The number of carbonyl (C=O) groups excluding carboxylic acids is 2. The lowest BCUT2D eigenvalue weighted by atomic mass is 10.0. The number of rotatable bonds is 5. The van der Waals surface area contributed by atoms with Gasteiger partial charge < -0.3 is 10.1 Å². The highest BCUT2D eigenvalue weighted by Gasteiger charge is 2.28. The summed E-state index contributed by atoms with van der Waals surface area (Å²) >= 11 is 1.39. The van der Waals surface area contributed by atoms with E-state index in [0.29, 0.717) is 16.5 Å². The molecule has 28 heavy (non-hydrogen) atoms. The van der Waals surface area contributed by atoms with Crippen LogP contribution in [0.2, 0.25) is 0 Å². The van der Waals surface area contributed by atoms with Crippen LogP contribution in [0.3, 0.4) is 0 Å². The first-order valence-electron chi connectivity index (χ1n) is 9.20. The number of amides is 1. The smallest absolute Gasteiger partial charge is 0.341 e. The summed E-state index contributed by atoms with van der Waals surface area (Å²) in [6, 6.07) is 9.71. The fraction of sp³-hybridized carbons (Fsp3) is 0.318. The Balaban J connectivity index is 1.85. The van der Waals surface area contributed by atoms with Crippen molar-refractivity contribution in [2.24, 2.45) is 0 Å². The van der Waals surface area contributed by atoms with Gasteiger partial charge in [-0.2, -0.15) is 5.26 Å². The number of fused-ring (bicyclic) bond motifs is 1. The van der Waals surface area contributed by atoms with Gasteiger partial charge in [0.15, 0.2) is 0 Å². The number of ether oxygens (including phenoxy) is 1. The van der Waals surface area contributed by atoms with Gasteiger partial charge in [0.2, 0.25) is 0 Å². The van der Waals surface area contributed by atoms with Gasteiger partial charge in [0.1, 0.15) is 16.6 Å². The third kappa shape index (κ3) is 4.00. The normalized spacial score (nSPS) is 13.2. The minimum absolute atomic E-state index is 0.0123. The molecule has 1 N–H and O–H groups in total. The van der Waals surface area contributed by atoms with E-state index in [1.807, 2.05) is 30.3 Å². The summed E-state index contributed by atoms with van der Waals surface area (Å²) in [5, 5.41) is 12.7. The lowest BCUT2D eigenvalue weighted by Crippen LogP contribution is -2.15. The standard InChI is InChI=1S/C22H22N2O3S/c1-13(2)15-9-7-14(8-10-15)11-16(12-23)20(25)24-21-19(22(26)27-3)17-5-4-6-18(17)28-21/h7-11,13H,4-6H2,1-3H3,(H,24,25)/b16-11+. The average molecular weight is 394 g/mol. The lowest BCUT2D eigenvalue weighted by Gasteiger charge is -2.07. The van der Waals surface area contributed by atoms with Crippen molar-refractivity contribution in [3.05, 3.63) is 57.0 Å². The molecule has 6 heteroatoms. The minimum Gasteiger partial charge on any atom is -0.465 e. The maximum atomic E-state index is 12.7. The number of aryl methyl sites for hydroxylation is 1. The summed E-state index contributed by atoms with van der Waals surface area (Å²) in [6.45, 7) is 4.21. The van der Waals surface area contributed by atoms with Crippen LogP contribution in [-0.2, 0) is 22.4 Å². The summed E-state index contributed by atoms with van der Waals surface area (Å²) in [5.41, 5.74) is 3.33. The van der Waals surface area contributed by atoms with Crippen LogP contribution < -0.4 is 5.32 Å². The van der Waals surface area contributed by atoms with Crippen molar-refractivity contribution < 1.29 is 14.3 Å². The number of thiophene rings is 1. The number of methoxy groups -OCH3 is 1. The number of nitrogens with zero attached hydrogens (tertiary/aromatic N) is 1. The Hall–Kier alpha value is -2.91. The molecule has 0 unspecified atom stereocenters. The molecule has 0 bridgehead atoms. The number of benzene rings is 1. The third-order valence-electron chi connectivity index (χ3n) is 4.82. The van der Waals surface area contributed by atoms with E-state index in [-0.39, 0.29) is 5.57 Å². The van der Waals surface area contributed by atoms with Gasteiger partial charge in [0.25, 0.3) is 5.91 Å². The first-order valence-corrected chi connectivity index (χ1v) is 10.0. The summed E-state index contributed by atoms with van der Waals surface area (Å²) in [6.07, 6.45) is 4.24. The molecule has 0 saturated carbocycles. The van der Waals surface area contributed by atoms with Gasteiger partial charge in [-0.3, -0.25) is 4.79 Å². The van der Waals surface area contributed by atoms with E-state index in [1.165, 1.54) is 24.0 Å². The number of nitriles is 1. The highest BCUT2D eigenvalue weighted by atomic mass is 32.1. The van der Waals surface area contributed by atoms with Crippen molar-refractivity contribution in [3.63, 3.8) is 0 Å². The number of hydrogen-bond acceptors (Lipinski definition) is 5. The van der Waals surface area contributed by atoms with Gasteiger partial charge in [-0.25, -0.2) is 4.79 Å². The van der Waals surface area contributed by atoms with E-state index >= 15 is 0 Å². The molecular formula is C22H22N2O3S. The van der Waals surface area contributed by atoms with Gasteiger partial charge in [-0.1, -0.05) is 38.1 Å². The van der Waals surface area contributed by atoms with Crippen LogP contribution in [0.4, 0.5) is 5.00 Å². The number of nitrogens with one attached hydrogen (secondary N) is 1. The zero-order valence-corrected chi connectivity index (χ0v) is 17.0. The Labute approximate surface area is 168 Å². The van der Waals surface area contributed by atoms with Crippen molar-refractivity contribution >= 4 is 34.3 Å². The predicted octanol–water partition coefficient (Wildman–Crippen LogP) is 4.69. The first kappa shape index (κ1) is 19.8. The van der Waals surface area contributed by atoms with Crippen LogP contribution in [-0.4, -0.2) is 19.0 Å². The Morgan fingerprint density at radius 3 is 2.57 bits per heavy atom. The maximum absolute atomic E-state index is 12.7. The van der Waals surface area contributed by atoms with E-state index in [9.17, 15) is 14.9 Å². The maximum Gasteiger partial charge on any atom is 0.341 e. The molecule has 1 heterocycles. The number of anilines is 1. The molecule has 1 aromatic heterocycles. The van der Waals surface area contributed by atoms with Gasteiger partial charge in [-0.05, 0) is 47.9 Å². The van der Waals surface area contributed by atoms with Crippen molar-refractivity contribution in [2.45, 2.75) is 39.0 Å². The second-order valence-electron chi connectivity index (χ2n) is 7.00. The predicted molar refractivity (Wildman–Crippen MR) is 110 cm³/mol. The number of esters is 1. The summed E-state index contributed by atoms with van der Waals surface area (Å²) in [5.74, 6) is -0.573. The van der Waals surface area contributed by atoms with Crippen LogP contribution in [0.15, 0.2) is 29.8 Å². The topological polar surface area (TPSA) is 79.2 Å². The van der Waals surface area contributed by atoms with Crippen molar-refractivity contribution in [1.82, 2.24) is 0 Å².